The van der Waals surface area contributed by atoms with Crippen molar-refractivity contribution in [2.45, 2.75) is 6.42 Å². The molecule has 0 bridgehead atoms. The van der Waals surface area contributed by atoms with Crippen LogP contribution < -0.4 is 0 Å². The molecule has 0 radical (unpaired) electrons. The fourth-order valence-electron chi connectivity index (χ4n) is 2.35. The summed E-state index contributed by atoms with van der Waals surface area (Å²) < 4.78 is 0. The number of benzene rings is 3. The maximum Gasteiger partial charge on any atom is 0.131 e. The average molecular weight is 244 g/mol. The summed E-state index contributed by atoms with van der Waals surface area (Å²) in [5.41, 5.74) is 0.983. The van der Waals surface area contributed by atoms with E-state index in [1.165, 1.54) is 16.2 Å². The molecule has 0 N–H and O–H groups in total. The monoisotopic (exact) mass is 244 g/mol. The van der Waals surface area contributed by atoms with Crippen molar-refractivity contribution in [3.05, 3.63) is 60.2 Å². The highest BCUT2D eigenvalue weighted by atomic mass is 16.1. The van der Waals surface area contributed by atoms with Gasteiger partial charge in [-0.2, -0.15) is 0 Å². The molecule has 0 spiro atoms. The van der Waals surface area contributed by atoms with Crippen LogP contribution in [0, 0.1) is 11.8 Å². The second-order valence-electron chi connectivity index (χ2n) is 4.36. The Kier molecular flexibility index (Phi) is 3.00. The summed E-state index contributed by atoms with van der Waals surface area (Å²) in [6.07, 6.45) is 1.11. The molecule has 0 amide bonds. The highest BCUT2D eigenvalue weighted by Gasteiger charge is 2.03. The number of rotatable bonds is 1. The van der Waals surface area contributed by atoms with Crippen molar-refractivity contribution >= 4 is 27.8 Å². The number of hydrogen-bond acceptors (Lipinski definition) is 1. The van der Waals surface area contributed by atoms with Crippen LogP contribution in [0.15, 0.2) is 54.6 Å². The predicted molar refractivity (Wildman–Crippen MR) is 79.0 cm³/mol. The Balaban J connectivity index is 2.36. The number of carbonyl (C=O) groups excluding carboxylic acids is 1. The van der Waals surface area contributed by atoms with Crippen LogP contribution >= 0.6 is 0 Å². The molecule has 3 aromatic rings. The molecule has 0 heterocycles. The van der Waals surface area contributed by atoms with Gasteiger partial charge in [-0.3, -0.25) is 0 Å². The van der Waals surface area contributed by atoms with Gasteiger partial charge in [0, 0.05) is 5.56 Å². The maximum atomic E-state index is 10.4. The van der Waals surface area contributed by atoms with E-state index < -0.39 is 0 Å². The summed E-state index contributed by atoms with van der Waals surface area (Å²) in [6.45, 7) is 0. The molecule has 0 fully saturated rings. The normalized spacial score (nSPS) is 10.1. The Bertz CT molecular complexity index is 819. The minimum absolute atomic E-state index is 0.279. The molecule has 1 nitrogen and oxygen atoms in total. The molecule has 0 unspecified atom stereocenters. The summed E-state index contributed by atoms with van der Waals surface area (Å²) >= 11 is 0. The van der Waals surface area contributed by atoms with Gasteiger partial charge in [-0.1, -0.05) is 60.4 Å². The number of fused-ring (bicyclic) bond motifs is 3. The third-order valence-electron chi connectivity index (χ3n) is 3.18. The Morgan fingerprint density at radius 1 is 0.895 bits per heavy atom. The van der Waals surface area contributed by atoms with Crippen molar-refractivity contribution < 1.29 is 4.79 Å². The van der Waals surface area contributed by atoms with E-state index >= 15 is 0 Å². The van der Waals surface area contributed by atoms with Crippen molar-refractivity contribution in [3.63, 3.8) is 0 Å². The van der Waals surface area contributed by atoms with Crippen molar-refractivity contribution in [1.29, 1.82) is 0 Å². The number of aldehydes is 1. The summed E-state index contributed by atoms with van der Waals surface area (Å²) in [7, 11) is 0. The zero-order chi connectivity index (χ0) is 13.1. The van der Waals surface area contributed by atoms with E-state index in [2.05, 4.69) is 42.2 Å². The quantitative estimate of drug-likeness (QED) is 0.360. The van der Waals surface area contributed by atoms with E-state index in [4.69, 9.17) is 0 Å². The molecule has 0 aliphatic carbocycles. The van der Waals surface area contributed by atoms with Crippen LogP contribution in [0.25, 0.3) is 21.5 Å². The molecular weight excluding hydrogens is 232 g/mol. The van der Waals surface area contributed by atoms with Crippen LogP contribution in [-0.4, -0.2) is 6.29 Å². The summed E-state index contributed by atoms with van der Waals surface area (Å²) in [6, 6.07) is 18.6. The van der Waals surface area contributed by atoms with Gasteiger partial charge < -0.3 is 4.79 Å². The van der Waals surface area contributed by atoms with Crippen LogP contribution in [0.5, 0.6) is 0 Å². The second kappa shape index (κ2) is 4.96. The van der Waals surface area contributed by atoms with Gasteiger partial charge in [-0.25, -0.2) is 0 Å². The predicted octanol–water partition coefficient (Wildman–Crippen LogP) is 3.93. The standard InChI is InChI=1S/C18H12O/c19-12-6-5-8-15-13-14-7-1-2-9-16(14)18-11-4-3-10-17(15)18/h1-4,7,9-13H,6H2. The van der Waals surface area contributed by atoms with Gasteiger partial charge >= 0.3 is 0 Å². The first-order valence-corrected chi connectivity index (χ1v) is 6.23. The molecular formula is C18H12O. The smallest absolute Gasteiger partial charge is 0.131 e. The lowest BCUT2D eigenvalue weighted by molar-refractivity contribution is -0.107. The maximum absolute atomic E-state index is 10.4. The van der Waals surface area contributed by atoms with Crippen LogP contribution in [-0.2, 0) is 4.79 Å². The van der Waals surface area contributed by atoms with Gasteiger partial charge in [0.05, 0.1) is 6.42 Å². The molecule has 0 aromatic heterocycles. The van der Waals surface area contributed by atoms with Crippen LogP contribution in [0.3, 0.4) is 0 Å². The fraction of sp³-hybridized carbons (Fsp3) is 0.0556. The topological polar surface area (TPSA) is 17.1 Å². The molecule has 19 heavy (non-hydrogen) atoms. The van der Waals surface area contributed by atoms with Crippen molar-refractivity contribution in [1.82, 2.24) is 0 Å². The fourth-order valence-corrected chi connectivity index (χ4v) is 2.35. The van der Waals surface area contributed by atoms with Crippen molar-refractivity contribution in [2.24, 2.45) is 0 Å². The zero-order valence-electron chi connectivity index (χ0n) is 10.4. The van der Waals surface area contributed by atoms with Gasteiger partial charge in [0.2, 0.25) is 0 Å². The lowest BCUT2D eigenvalue weighted by Crippen LogP contribution is -1.83. The van der Waals surface area contributed by atoms with Gasteiger partial charge in [0.15, 0.2) is 0 Å². The summed E-state index contributed by atoms with van der Waals surface area (Å²) in [4.78, 5) is 10.4. The SMILES string of the molecule is O=CCC#Cc1cc2ccccc2c2ccccc12. The third kappa shape index (κ3) is 2.09. The minimum atomic E-state index is 0.279. The first kappa shape index (κ1) is 11.5. The molecule has 0 aliphatic heterocycles. The van der Waals surface area contributed by atoms with E-state index in [0.717, 1.165) is 17.2 Å². The summed E-state index contributed by atoms with van der Waals surface area (Å²) in [5, 5.41) is 4.76. The van der Waals surface area contributed by atoms with Gasteiger partial charge in [-0.15, -0.1) is 0 Å². The second-order valence-corrected chi connectivity index (χ2v) is 4.36. The van der Waals surface area contributed by atoms with Crippen molar-refractivity contribution in [3.8, 4) is 11.8 Å². The van der Waals surface area contributed by atoms with E-state index in [0.29, 0.717) is 0 Å². The van der Waals surface area contributed by atoms with Gasteiger partial charge in [-0.05, 0) is 27.6 Å². The zero-order valence-corrected chi connectivity index (χ0v) is 10.4. The van der Waals surface area contributed by atoms with E-state index in [9.17, 15) is 4.79 Å². The Morgan fingerprint density at radius 2 is 1.58 bits per heavy atom. The van der Waals surface area contributed by atoms with E-state index in [-0.39, 0.29) is 6.42 Å². The third-order valence-corrected chi connectivity index (χ3v) is 3.18. The van der Waals surface area contributed by atoms with E-state index in [1.807, 2.05) is 24.3 Å². The molecule has 1 heteroatoms. The molecule has 0 aliphatic rings. The van der Waals surface area contributed by atoms with Crippen LogP contribution in [0.1, 0.15) is 12.0 Å². The highest BCUT2D eigenvalue weighted by molar-refractivity contribution is 6.09. The lowest BCUT2D eigenvalue weighted by Gasteiger charge is -2.06. The molecule has 3 aromatic carbocycles. The van der Waals surface area contributed by atoms with Gasteiger partial charge in [0.1, 0.15) is 6.29 Å². The molecule has 3 rings (SSSR count). The molecule has 0 atom stereocenters. The molecule has 90 valence electrons. The summed E-state index contributed by atoms with van der Waals surface area (Å²) in [5.74, 6) is 5.99. The van der Waals surface area contributed by atoms with Crippen LogP contribution in [0.2, 0.25) is 0 Å². The van der Waals surface area contributed by atoms with Crippen molar-refractivity contribution in [2.75, 3.05) is 0 Å². The van der Waals surface area contributed by atoms with Gasteiger partial charge in [0.25, 0.3) is 0 Å². The Hall–Kier alpha value is -2.59. The Morgan fingerprint density at radius 3 is 2.37 bits per heavy atom. The highest BCUT2D eigenvalue weighted by Crippen LogP contribution is 2.28. The number of hydrogen-bond donors (Lipinski definition) is 0. The molecule has 0 saturated heterocycles. The first-order valence-electron chi connectivity index (χ1n) is 6.23. The largest absolute Gasteiger partial charge is 0.302 e. The minimum Gasteiger partial charge on any atom is -0.302 e. The Labute approximate surface area is 111 Å². The number of carbonyl (C=O) groups is 1. The first-order chi connectivity index (χ1) is 9.40. The van der Waals surface area contributed by atoms with E-state index in [1.54, 1.807) is 0 Å². The van der Waals surface area contributed by atoms with Crippen LogP contribution in [0.4, 0.5) is 0 Å². The average Bonchev–Trinajstić information content (AvgIpc) is 2.47. The molecule has 0 saturated carbocycles. The lowest BCUT2D eigenvalue weighted by atomic mass is 9.97.